The normalized spacial score (nSPS) is 17.7. The number of likely N-dealkylation sites (N-methyl/N-ethyl adjacent to an activating group) is 1. The molecule has 1 atom stereocenters. The average Bonchev–Trinajstić information content (AvgIpc) is 3.14. The van der Waals surface area contributed by atoms with Crippen molar-refractivity contribution in [2.45, 2.75) is 25.8 Å². The second kappa shape index (κ2) is 5.37. The van der Waals surface area contributed by atoms with Gasteiger partial charge in [-0.2, -0.15) is 0 Å². The van der Waals surface area contributed by atoms with E-state index in [4.69, 9.17) is 5.73 Å². The molecule has 1 aromatic rings. The van der Waals surface area contributed by atoms with Crippen LogP contribution in [-0.4, -0.2) is 34.5 Å². The molecule has 1 aliphatic carbocycles. The van der Waals surface area contributed by atoms with Crippen LogP contribution in [0.25, 0.3) is 0 Å². The van der Waals surface area contributed by atoms with E-state index in [1.165, 1.54) is 12.8 Å². The van der Waals surface area contributed by atoms with Crippen LogP contribution in [0.5, 0.6) is 0 Å². The van der Waals surface area contributed by atoms with Gasteiger partial charge in [-0.3, -0.25) is 4.90 Å². The highest BCUT2D eigenvalue weighted by Gasteiger charge is 2.27. The lowest BCUT2D eigenvalue weighted by Crippen LogP contribution is -2.35. The Kier molecular flexibility index (Phi) is 3.85. The van der Waals surface area contributed by atoms with E-state index in [0.717, 1.165) is 24.7 Å². The zero-order valence-corrected chi connectivity index (χ0v) is 9.84. The first-order valence-electron chi connectivity index (χ1n) is 6.05. The van der Waals surface area contributed by atoms with Gasteiger partial charge in [0.2, 0.25) is 0 Å². The van der Waals surface area contributed by atoms with E-state index in [9.17, 15) is 0 Å². The standard InChI is InChI=1S/C12H20N4/c1-2-16(8-10-3-4-10)12(7-13)11-5-6-14-9-15-11/h5-6,9-10,12H,2-4,7-8,13H2,1H3. The maximum Gasteiger partial charge on any atom is 0.115 e. The van der Waals surface area contributed by atoms with Gasteiger partial charge in [-0.1, -0.05) is 6.92 Å². The molecule has 0 saturated heterocycles. The first kappa shape index (κ1) is 11.5. The Morgan fingerprint density at radius 2 is 2.38 bits per heavy atom. The number of nitrogens with two attached hydrogens (primary N) is 1. The van der Waals surface area contributed by atoms with E-state index in [1.807, 2.05) is 6.07 Å². The molecule has 4 heteroatoms. The van der Waals surface area contributed by atoms with E-state index >= 15 is 0 Å². The Balaban J connectivity index is 2.06. The molecule has 0 radical (unpaired) electrons. The van der Waals surface area contributed by atoms with Crippen molar-refractivity contribution in [3.8, 4) is 0 Å². The highest BCUT2D eigenvalue weighted by molar-refractivity contribution is 5.06. The van der Waals surface area contributed by atoms with Crippen molar-refractivity contribution >= 4 is 0 Å². The van der Waals surface area contributed by atoms with Crippen molar-refractivity contribution in [1.82, 2.24) is 14.9 Å². The molecular formula is C12H20N4. The Morgan fingerprint density at radius 1 is 1.56 bits per heavy atom. The first-order chi connectivity index (χ1) is 7.85. The van der Waals surface area contributed by atoms with Crippen molar-refractivity contribution in [3.05, 3.63) is 24.3 Å². The van der Waals surface area contributed by atoms with Crippen LogP contribution < -0.4 is 5.73 Å². The molecule has 0 bridgehead atoms. The Morgan fingerprint density at radius 3 is 2.88 bits per heavy atom. The molecule has 1 aliphatic rings. The van der Waals surface area contributed by atoms with Crippen LogP contribution in [0, 0.1) is 5.92 Å². The summed E-state index contributed by atoms with van der Waals surface area (Å²) < 4.78 is 0. The van der Waals surface area contributed by atoms with Gasteiger partial charge in [0.1, 0.15) is 6.33 Å². The van der Waals surface area contributed by atoms with Crippen LogP contribution in [0.3, 0.4) is 0 Å². The highest BCUT2D eigenvalue weighted by Crippen LogP contribution is 2.32. The lowest BCUT2D eigenvalue weighted by molar-refractivity contribution is 0.200. The molecular weight excluding hydrogens is 200 g/mol. The summed E-state index contributed by atoms with van der Waals surface area (Å²) in [6.07, 6.45) is 6.13. The van der Waals surface area contributed by atoms with Gasteiger partial charge in [0.05, 0.1) is 11.7 Å². The molecule has 1 aromatic heterocycles. The topological polar surface area (TPSA) is 55.0 Å². The van der Waals surface area contributed by atoms with Gasteiger partial charge in [-0.05, 0) is 31.4 Å². The van der Waals surface area contributed by atoms with Gasteiger partial charge in [-0.25, -0.2) is 9.97 Å². The highest BCUT2D eigenvalue weighted by atomic mass is 15.2. The van der Waals surface area contributed by atoms with Crippen molar-refractivity contribution in [1.29, 1.82) is 0 Å². The maximum absolute atomic E-state index is 5.88. The van der Waals surface area contributed by atoms with Crippen molar-refractivity contribution in [2.75, 3.05) is 19.6 Å². The van der Waals surface area contributed by atoms with Crippen LogP contribution in [0.4, 0.5) is 0 Å². The van der Waals surface area contributed by atoms with Crippen LogP contribution >= 0.6 is 0 Å². The summed E-state index contributed by atoms with van der Waals surface area (Å²) in [6.45, 7) is 4.99. The third-order valence-electron chi connectivity index (χ3n) is 3.21. The lowest BCUT2D eigenvalue weighted by Gasteiger charge is -2.29. The molecule has 1 saturated carbocycles. The van der Waals surface area contributed by atoms with Gasteiger partial charge < -0.3 is 5.73 Å². The van der Waals surface area contributed by atoms with Crippen molar-refractivity contribution < 1.29 is 0 Å². The SMILES string of the molecule is CCN(CC1CC1)C(CN)c1ccncn1. The average molecular weight is 220 g/mol. The molecule has 2 rings (SSSR count). The molecule has 88 valence electrons. The predicted molar refractivity (Wildman–Crippen MR) is 63.8 cm³/mol. The fourth-order valence-corrected chi connectivity index (χ4v) is 2.06. The van der Waals surface area contributed by atoms with Gasteiger partial charge >= 0.3 is 0 Å². The second-order valence-corrected chi connectivity index (χ2v) is 4.42. The number of hydrogen-bond donors (Lipinski definition) is 1. The maximum atomic E-state index is 5.88. The fourth-order valence-electron chi connectivity index (χ4n) is 2.06. The van der Waals surface area contributed by atoms with E-state index in [-0.39, 0.29) is 6.04 Å². The molecule has 0 amide bonds. The molecule has 1 fully saturated rings. The number of nitrogens with zero attached hydrogens (tertiary/aromatic N) is 3. The Hall–Kier alpha value is -1.00. The quantitative estimate of drug-likeness (QED) is 0.783. The molecule has 0 spiro atoms. The molecule has 4 nitrogen and oxygen atoms in total. The number of hydrogen-bond acceptors (Lipinski definition) is 4. The third kappa shape index (κ3) is 2.77. The van der Waals surface area contributed by atoms with E-state index < -0.39 is 0 Å². The zero-order valence-electron chi connectivity index (χ0n) is 9.84. The smallest absolute Gasteiger partial charge is 0.115 e. The van der Waals surface area contributed by atoms with Crippen molar-refractivity contribution in [2.24, 2.45) is 11.7 Å². The molecule has 2 N–H and O–H groups in total. The molecule has 0 aromatic carbocycles. The van der Waals surface area contributed by atoms with Crippen molar-refractivity contribution in [3.63, 3.8) is 0 Å². The van der Waals surface area contributed by atoms with Gasteiger partial charge in [0.25, 0.3) is 0 Å². The summed E-state index contributed by atoms with van der Waals surface area (Å²) in [7, 11) is 0. The van der Waals surface area contributed by atoms with E-state index in [0.29, 0.717) is 6.54 Å². The Bertz CT molecular complexity index is 310. The monoisotopic (exact) mass is 220 g/mol. The summed E-state index contributed by atoms with van der Waals surface area (Å²) in [5, 5.41) is 0. The molecule has 1 heterocycles. The minimum atomic E-state index is 0.244. The minimum Gasteiger partial charge on any atom is -0.329 e. The summed E-state index contributed by atoms with van der Waals surface area (Å²) in [6, 6.07) is 2.21. The van der Waals surface area contributed by atoms with Gasteiger partial charge in [-0.15, -0.1) is 0 Å². The van der Waals surface area contributed by atoms with E-state index in [2.05, 4.69) is 21.8 Å². The number of rotatable bonds is 6. The van der Waals surface area contributed by atoms with Crippen LogP contribution in [0.15, 0.2) is 18.6 Å². The summed E-state index contributed by atoms with van der Waals surface area (Å²) >= 11 is 0. The minimum absolute atomic E-state index is 0.244. The van der Waals surface area contributed by atoms with E-state index in [1.54, 1.807) is 12.5 Å². The zero-order chi connectivity index (χ0) is 11.4. The Labute approximate surface area is 96.9 Å². The summed E-state index contributed by atoms with van der Waals surface area (Å²) in [4.78, 5) is 10.7. The van der Waals surface area contributed by atoms with Crippen LogP contribution in [0.2, 0.25) is 0 Å². The fraction of sp³-hybridized carbons (Fsp3) is 0.667. The first-order valence-corrected chi connectivity index (χ1v) is 6.05. The second-order valence-electron chi connectivity index (χ2n) is 4.42. The molecule has 1 unspecified atom stereocenters. The summed E-state index contributed by atoms with van der Waals surface area (Å²) in [5.74, 6) is 0.885. The largest absolute Gasteiger partial charge is 0.329 e. The summed E-state index contributed by atoms with van der Waals surface area (Å²) in [5.41, 5.74) is 6.92. The van der Waals surface area contributed by atoms with Gasteiger partial charge in [0, 0.05) is 19.3 Å². The molecule has 16 heavy (non-hydrogen) atoms. The number of aromatic nitrogens is 2. The third-order valence-corrected chi connectivity index (χ3v) is 3.21. The van der Waals surface area contributed by atoms with Gasteiger partial charge in [0.15, 0.2) is 0 Å². The lowest BCUT2D eigenvalue weighted by atomic mass is 10.1. The van der Waals surface area contributed by atoms with Crippen LogP contribution in [-0.2, 0) is 0 Å². The predicted octanol–water partition coefficient (Wildman–Crippen LogP) is 1.21. The molecule has 0 aliphatic heterocycles. The van der Waals surface area contributed by atoms with Crippen LogP contribution in [0.1, 0.15) is 31.5 Å².